The van der Waals surface area contributed by atoms with Crippen molar-refractivity contribution < 1.29 is 13.2 Å². The fourth-order valence-corrected chi connectivity index (χ4v) is 2.19. The molecule has 0 amide bonds. The first-order valence-electron chi connectivity index (χ1n) is 5.37. The molecular weight excluding hydrogens is 247 g/mol. The van der Waals surface area contributed by atoms with Crippen LogP contribution in [0.1, 0.15) is 12.5 Å². The molecule has 1 aromatic carbocycles. The maximum Gasteiger partial charge on any atom is 0.401 e. The van der Waals surface area contributed by atoms with Gasteiger partial charge in [0.1, 0.15) is 0 Å². The Balaban J connectivity index is 2.51. The number of benzene rings is 1. The smallest absolute Gasteiger partial charge is 0.294 e. The zero-order chi connectivity index (χ0) is 12.9. The van der Waals surface area contributed by atoms with Crippen LogP contribution in [-0.2, 0) is 6.54 Å². The lowest BCUT2D eigenvalue weighted by Gasteiger charge is -2.18. The van der Waals surface area contributed by atoms with Gasteiger partial charge in [0.25, 0.3) is 0 Å². The number of hydrogen-bond acceptors (Lipinski definition) is 2. The van der Waals surface area contributed by atoms with Crippen molar-refractivity contribution in [2.75, 3.05) is 19.3 Å². The zero-order valence-corrected chi connectivity index (χ0v) is 10.7. The van der Waals surface area contributed by atoms with E-state index in [1.807, 2.05) is 24.3 Å². The molecule has 0 saturated carbocycles. The second kappa shape index (κ2) is 6.31. The van der Waals surface area contributed by atoms with Gasteiger partial charge >= 0.3 is 6.18 Å². The lowest BCUT2D eigenvalue weighted by molar-refractivity contribution is -0.144. The average molecular weight is 263 g/mol. The van der Waals surface area contributed by atoms with Gasteiger partial charge in [-0.05, 0) is 30.5 Å². The molecule has 0 unspecified atom stereocenters. The van der Waals surface area contributed by atoms with Gasteiger partial charge in [0.2, 0.25) is 0 Å². The van der Waals surface area contributed by atoms with Gasteiger partial charge in [-0.15, -0.1) is 11.8 Å². The van der Waals surface area contributed by atoms with Gasteiger partial charge in [-0.3, -0.25) is 4.90 Å². The van der Waals surface area contributed by atoms with E-state index in [2.05, 4.69) is 6.92 Å². The molecule has 0 aromatic heterocycles. The van der Waals surface area contributed by atoms with Gasteiger partial charge < -0.3 is 0 Å². The molecule has 0 bridgehead atoms. The number of thioether (sulfide) groups is 1. The van der Waals surface area contributed by atoms with E-state index < -0.39 is 12.7 Å². The molecule has 0 spiro atoms. The molecule has 1 rings (SSSR count). The van der Waals surface area contributed by atoms with Crippen LogP contribution in [0.5, 0.6) is 0 Å². The van der Waals surface area contributed by atoms with Crippen molar-refractivity contribution in [2.45, 2.75) is 24.5 Å². The van der Waals surface area contributed by atoms with E-state index in [-0.39, 0.29) is 0 Å². The fourth-order valence-electron chi connectivity index (χ4n) is 1.53. The minimum absolute atomic E-state index is 0.316. The first-order valence-corrected chi connectivity index (χ1v) is 6.36. The third-order valence-corrected chi connectivity index (χ3v) is 3.03. The summed E-state index contributed by atoms with van der Waals surface area (Å²) in [5.41, 5.74) is 0.900. The molecule has 0 fully saturated rings. The molecule has 0 N–H and O–H groups in total. The summed E-state index contributed by atoms with van der Waals surface area (Å²) in [4.78, 5) is 2.41. The van der Waals surface area contributed by atoms with Crippen LogP contribution in [0.25, 0.3) is 0 Å². The molecule has 0 radical (unpaired) electrons. The average Bonchev–Trinajstić information content (AvgIpc) is 2.18. The lowest BCUT2D eigenvalue weighted by atomic mass is 10.2. The summed E-state index contributed by atoms with van der Waals surface area (Å²) in [7, 11) is 1.47. The van der Waals surface area contributed by atoms with Gasteiger partial charge in [0.15, 0.2) is 0 Å². The van der Waals surface area contributed by atoms with Crippen LogP contribution >= 0.6 is 11.8 Å². The van der Waals surface area contributed by atoms with Crippen LogP contribution in [0, 0.1) is 0 Å². The van der Waals surface area contributed by atoms with E-state index in [1.54, 1.807) is 11.8 Å². The normalized spacial score (nSPS) is 12.1. The van der Waals surface area contributed by atoms with Crippen LogP contribution in [0.3, 0.4) is 0 Å². The number of hydrogen-bond donors (Lipinski definition) is 0. The van der Waals surface area contributed by atoms with Crippen LogP contribution in [0.2, 0.25) is 0 Å². The highest BCUT2D eigenvalue weighted by Gasteiger charge is 2.28. The molecule has 5 heteroatoms. The first kappa shape index (κ1) is 14.4. The number of alkyl halides is 3. The maximum atomic E-state index is 12.1. The van der Waals surface area contributed by atoms with Crippen molar-refractivity contribution in [3.05, 3.63) is 29.8 Å². The van der Waals surface area contributed by atoms with E-state index >= 15 is 0 Å². The monoisotopic (exact) mass is 263 g/mol. The molecule has 0 aliphatic heterocycles. The standard InChI is InChI=1S/C12H16F3NS/c1-3-17-11-6-4-10(5-7-11)8-16(2)9-12(13,14)15/h4-7H,3,8-9H2,1-2H3. The summed E-state index contributed by atoms with van der Waals surface area (Å²) in [6.45, 7) is 1.50. The molecule has 0 saturated heterocycles. The van der Waals surface area contributed by atoms with Crippen LogP contribution < -0.4 is 0 Å². The Hall–Kier alpha value is -0.680. The summed E-state index contributed by atoms with van der Waals surface area (Å²) in [5, 5.41) is 0. The van der Waals surface area contributed by atoms with Crippen molar-refractivity contribution in [3.8, 4) is 0 Å². The third kappa shape index (κ3) is 5.98. The van der Waals surface area contributed by atoms with Crippen molar-refractivity contribution in [2.24, 2.45) is 0 Å². The molecule has 17 heavy (non-hydrogen) atoms. The summed E-state index contributed by atoms with van der Waals surface area (Å²) in [5.74, 6) is 0.993. The Morgan fingerprint density at radius 1 is 1.18 bits per heavy atom. The Bertz CT molecular complexity index is 335. The van der Waals surface area contributed by atoms with Gasteiger partial charge in [-0.2, -0.15) is 13.2 Å². The molecule has 0 atom stereocenters. The van der Waals surface area contributed by atoms with E-state index in [1.165, 1.54) is 11.9 Å². The molecule has 0 aliphatic rings. The van der Waals surface area contributed by atoms with Crippen molar-refractivity contribution in [3.63, 3.8) is 0 Å². The summed E-state index contributed by atoms with van der Waals surface area (Å²) in [6.07, 6.45) is -4.13. The topological polar surface area (TPSA) is 3.24 Å². The van der Waals surface area contributed by atoms with Gasteiger partial charge in [0.05, 0.1) is 6.54 Å². The minimum Gasteiger partial charge on any atom is -0.294 e. The number of nitrogens with zero attached hydrogens (tertiary/aromatic N) is 1. The largest absolute Gasteiger partial charge is 0.401 e. The van der Waals surface area contributed by atoms with Gasteiger partial charge in [-0.1, -0.05) is 19.1 Å². The second-order valence-corrected chi connectivity index (χ2v) is 5.20. The van der Waals surface area contributed by atoms with E-state index in [0.29, 0.717) is 6.54 Å². The Kier molecular flexibility index (Phi) is 5.33. The number of halogens is 3. The SMILES string of the molecule is CCSc1ccc(CN(C)CC(F)(F)F)cc1. The zero-order valence-electron chi connectivity index (χ0n) is 9.92. The Morgan fingerprint density at radius 3 is 2.24 bits per heavy atom. The molecule has 0 aliphatic carbocycles. The highest BCUT2D eigenvalue weighted by atomic mass is 32.2. The molecule has 0 heterocycles. The molecule has 1 nitrogen and oxygen atoms in total. The third-order valence-electron chi connectivity index (χ3n) is 2.14. The molecular formula is C12H16F3NS. The summed E-state index contributed by atoms with van der Waals surface area (Å²) >= 11 is 1.72. The molecule has 1 aromatic rings. The predicted molar refractivity (Wildman–Crippen MR) is 65.2 cm³/mol. The lowest BCUT2D eigenvalue weighted by Crippen LogP contribution is -2.30. The van der Waals surface area contributed by atoms with E-state index in [9.17, 15) is 13.2 Å². The van der Waals surface area contributed by atoms with Gasteiger partial charge in [-0.25, -0.2) is 0 Å². The van der Waals surface area contributed by atoms with Crippen molar-refractivity contribution in [1.29, 1.82) is 0 Å². The Labute approximate surface area is 104 Å². The van der Waals surface area contributed by atoms with Crippen LogP contribution in [-0.4, -0.2) is 30.4 Å². The highest BCUT2D eigenvalue weighted by molar-refractivity contribution is 7.99. The first-order chi connectivity index (χ1) is 7.90. The van der Waals surface area contributed by atoms with E-state index in [4.69, 9.17) is 0 Å². The molecule has 96 valence electrons. The second-order valence-electron chi connectivity index (χ2n) is 3.86. The van der Waals surface area contributed by atoms with Crippen LogP contribution in [0.15, 0.2) is 29.2 Å². The van der Waals surface area contributed by atoms with E-state index in [0.717, 1.165) is 16.2 Å². The minimum atomic E-state index is -4.13. The summed E-state index contributed by atoms with van der Waals surface area (Å²) in [6, 6.07) is 7.66. The maximum absolute atomic E-state index is 12.1. The quantitative estimate of drug-likeness (QED) is 0.743. The van der Waals surface area contributed by atoms with Crippen molar-refractivity contribution >= 4 is 11.8 Å². The highest BCUT2D eigenvalue weighted by Crippen LogP contribution is 2.20. The summed E-state index contributed by atoms with van der Waals surface area (Å²) < 4.78 is 36.4. The fraction of sp³-hybridized carbons (Fsp3) is 0.500. The predicted octanol–water partition coefficient (Wildman–Crippen LogP) is 3.79. The Morgan fingerprint density at radius 2 is 1.76 bits per heavy atom. The van der Waals surface area contributed by atoms with Crippen molar-refractivity contribution in [1.82, 2.24) is 4.90 Å². The van der Waals surface area contributed by atoms with Crippen LogP contribution in [0.4, 0.5) is 13.2 Å². The van der Waals surface area contributed by atoms with Gasteiger partial charge in [0, 0.05) is 11.4 Å². The number of rotatable bonds is 5.